The molecule has 1 aromatic rings. The molecule has 1 rings (SSSR count). The second kappa shape index (κ2) is 6.33. The van der Waals surface area contributed by atoms with Gasteiger partial charge in [-0.15, -0.1) is 0 Å². The number of ether oxygens (including phenoxy) is 3. The van der Waals surface area contributed by atoms with Crippen LogP contribution in [0, 0.1) is 0 Å². The van der Waals surface area contributed by atoms with Crippen molar-refractivity contribution in [1.82, 2.24) is 0 Å². The maximum Gasteiger partial charge on any atom is 0.339 e. The summed E-state index contributed by atoms with van der Waals surface area (Å²) in [6.45, 7) is 5.34. The van der Waals surface area contributed by atoms with Crippen LogP contribution in [0.1, 0.15) is 17.3 Å². The van der Waals surface area contributed by atoms with Gasteiger partial charge < -0.3 is 14.2 Å². The topological polar surface area (TPSA) is 44.8 Å². The van der Waals surface area contributed by atoms with Gasteiger partial charge in [0.25, 0.3) is 0 Å². The maximum absolute atomic E-state index is 12.0. The van der Waals surface area contributed by atoms with Crippen molar-refractivity contribution in [3.8, 4) is 0 Å². The number of carbonyl (C=O) groups excluding carboxylic acids is 1. The highest BCUT2D eigenvalue weighted by Crippen LogP contribution is 2.22. The predicted molar refractivity (Wildman–Crippen MR) is 68.3 cm³/mol. The minimum absolute atomic E-state index is 0.447. The Kier molecular flexibility index (Phi) is 5.07. The SMILES string of the molecule is C=CC(C)(OC(=O)c1ccccc1)C(OC)OC. The minimum atomic E-state index is -1.05. The van der Waals surface area contributed by atoms with E-state index in [9.17, 15) is 4.79 Å². The van der Waals surface area contributed by atoms with Crippen LogP contribution in [0.5, 0.6) is 0 Å². The fraction of sp³-hybridized carbons (Fsp3) is 0.357. The van der Waals surface area contributed by atoms with E-state index in [0.717, 1.165) is 0 Å². The smallest absolute Gasteiger partial charge is 0.339 e. The van der Waals surface area contributed by atoms with Crippen molar-refractivity contribution in [2.45, 2.75) is 18.8 Å². The molecule has 18 heavy (non-hydrogen) atoms. The van der Waals surface area contributed by atoms with Crippen LogP contribution in [0.2, 0.25) is 0 Å². The van der Waals surface area contributed by atoms with Gasteiger partial charge in [-0.1, -0.05) is 24.8 Å². The van der Waals surface area contributed by atoms with Gasteiger partial charge in [-0.05, 0) is 25.1 Å². The zero-order valence-corrected chi connectivity index (χ0v) is 10.9. The van der Waals surface area contributed by atoms with Crippen LogP contribution in [0.3, 0.4) is 0 Å². The molecule has 1 unspecified atom stereocenters. The molecule has 0 bridgehead atoms. The van der Waals surface area contributed by atoms with Gasteiger partial charge in [0.05, 0.1) is 5.56 Å². The molecule has 0 radical (unpaired) electrons. The summed E-state index contributed by atoms with van der Waals surface area (Å²) >= 11 is 0. The molecule has 0 saturated carbocycles. The number of esters is 1. The Bertz CT molecular complexity index is 398. The lowest BCUT2D eigenvalue weighted by atomic mass is 10.1. The van der Waals surface area contributed by atoms with E-state index in [4.69, 9.17) is 14.2 Å². The first-order valence-electron chi connectivity index (χ1n) is 5.55. The fourth-order valence-electron chi connectivity index (χ4n) is 1.58. The number of hydrogen-bond donors (Lipinski definition) is 0. The van der Waals surface area contributed by atoms with E-state index >= 15 is 0 Å². The van der Waals surface area contributed by atoms with Crippen molar-refractivity contribution in [3.63, 3.8) is 0 Å². The first kappa shape index (κ1) is 14.4. The van der Waals surface area contributed by atoms with Crippen molar-refractivity contribution in [1.29, 1.82) is 0 Å². The normalized spacial score (nSPS) is 14.0. The van der Waals surface area contributed by atoms with E-state index in [1.54, 1.807) is 31.2 Å². The van der Waals surface area contributed by atoms with Crippen LogP contribution in [-0.2, 0) is 14.2 Å². The Morgan fingerprint density at radius 1 is 1.28 bits per heavy atom. The summed E-state index contributed by atoms with van der Waals surface area (Å²) in [5.74, 6) is -0.447. The third kappa shape index (κ3) is 3.18. The van der Waals surface area contributed by atoms with E-state index in [0.29, 0.717) is 5.56 Å². The molecule has 1 aromatic carbocycles. The molecule has 0 aliphatic carbocycles. The Balaban J connectivity index is 2.86. The first-order valence-corrected chi connectivity index (χ1v) is 5.55. The molecule has 0 aromatic heterocycles. The number of benzene rings is 1. The predicted octanol–water partition coefficient (Wildman–Crippen LogP) is 2.41. The molecule has 0 saturated heterocycles. The van der Waals surface area contributed by atoms with E-state index in [2.05, 4.69) is 6.58 Å². The van der Waals surface area contributed by atoms with Crippen molar-refractivity contribution in [3.05, 3.63) is 48.6 Å². The standard InChI is InChI=1S/C14H18O4/c1-5-14(2,13(16-3)17-4)18-12(15)11-9-7-6-8-10-11/h5-10,13H,1H2,2-4H3. The fourth-order valence-corrected chi connectivity index (χ4v) is 1.58. The second-order valence-electron chi connectivity index (χ2n) is 3.95. The van der Waals surface area contributed by atoms with Gasteiger partial charge in [0.15, 0.2) is 5.60 Å². The number of methoxy groups -OCH3 is 2. The lowest BCUT2D eigenvalue weighted by Gasteiger charge is -2.32. The number of rotatable bonds is 6. The largest absolute Gasteiger partial charge is 0.446 e. The third-order valence-electron chi connectivity index (χ3n) is 2.62. The molecule has 1 atom stereocenters. The molecule has 0 spiro atoms. The molecule has 0 aliphatic heterocycles. The second-order valence-corrected chi connectivity index (χ2v) is 3.95. The van der Waals surface area contributed by atoms with Gasteiger partial charge >= 0.3 is 5.97 Å². The van der Waals surface area contributed by atoms with Gasteiger partial charge in [0, 0.05) is 14.2 Å². The Hall–Kier alpha value is -1.65. The molecule has 0 aliphatic rings. The highest BCUT2D eigenvalue weighted by Gasteiger charge is 2.36. The molecule has 0 amide bonds. The summed E-state index contributed by atoms with van der Waals surface area (Å²) in [7, 11) is 2.96. The third-order valence-corrected chi connectivity index (χ3v) is 2.62. The van der Waals surface area contributed by atoms with Crippen molar-refractivity contribution >= 4 is 5.97 Å². The van der Waals surface area contributed by atoms with E-state index in [1.165, 1.54) is 20.3 Å². The van der Waals surface area contributed by atoms with Crippen molar-refractivity contribution in [2.24, 2.45) is 0 Å². The summed E-state index contributed by atoms with van der Waals surface area (Å²) in [5, 5.41) is 0. The Morgan fingerprint density at radius 2 is 1.83 bits per heavy atom. The van der Waals surface area contributed by atoms with Gasteiger partial charge in [-0.25, -0.2) is 4.79 Å². The van der Waals surface area contributed by atoms with E-state index in [1.807, 2.05) is 6.07 Å². The summed E-state index contributed by atoms with van der Waals surface area (Å²) in [6.07, 6.45) is 0.786. The summed E-state index contributed by atoms with van der Waals surface area (Å²) in [4.78, 5) is 12.0. The lowest BCUT2D eigenvalue weighted by molar-refractivity contribution is -0.190. The number of carbonyl (C=O) groups is 1. The van der Waals surface area contributed by atoms with Gasteiger partial charge in [-0.3, -0.25) is 0 Å². The summed E-state index contributed by atoms with van der Waals surface area (Å²) < 4.78 is 15.7. The molecule has 0 fully saturated rings. The van der Waals surface area contributed by atoms with Crippen molar-refractivity contribution < 1.29 is 19.0 Å². The maximum atomic E-state index is 12.0. The molecule has 0 N–H and O–H groups in total. The average molecular weight is 250 g/mol. The average Bonchev–Trinajstić information content (AvgIpc) is 2.41. The van der Waals surface area contributed by atoms with Crippen LogP contribution < -0.4 is 0 Å². The Labute approximate surface area is 107 Å². The molecular weight excluding hydrogens is 232 g/mol. The van der Waals surface area contributed by atoms with Crippen LogP contribution >= 0.6 is 0 Å². The van der Waals surface area contributed by atoms with E-state index in [-0.39, 0.29) is 0 Å². The monoisotopic (exact) mass is 250 g/mol. The van der Waals surface area contributed by atoms with Gasteiger partial charge in [0.1, 0.15) is 0 Å². The highest BCUT2D eigenvalue weighted by atomic mass is 16.7. The zero-order valence-electron chi connectivity index (χ0n) is 10.9. The Morgan fingerprint density at radius 3 is 2.28 bits per heavy atom. The molecule has 0 heterocycles. The summed E-state index contributed by atoms with van der Waals surface area (Å²) in [6, 6.07) is 8.73. The first-order chi connectivity index (χ1) is 8.57. The van der Waals surface area contributed by atoms with Crippen LogP contribution in [0.15, 0.2) is 43.0 Å². The van der Waals surface area contributed by atoms with E-state index < -0.39 is 17.9 Å². The van der Waals surface area contributed by atoms with Crippen LogP contribution in [0.25, 0.3) is 0 Å². The zero-order chi connectivity index (χ0) is 13.6. The van der Waals surface area contributed by atoms with Gasteiger partial charge in [0.2, 0.25) is 6.29 Å². The van der Waals surface area contributed by atoms with Crippen LogP contribution in [0.4, 0.5) is 0 Å². The van der Waals surface area contributed by atoms with Gasteiger partial charge in [-0.2, -0.15) is 0 Å². The lowest BCUT2D eigenvalue weighted by Crippen LogP contribution is -2.44. The highest BCUT2D eigenvalue weighted by molar-refractivity contribution is 5.89. The summed E-state index contributed by atoms with van der Waals surface area (Å²) in [5.41, 5.74) is -0.576. The number of hydrogen-bond acceptors (Lipinski definition) is 4. The molecule has 98 valence electrons. The molecular formula is C14H18O4. The quantitative estimate of drug-likeness (QED) is 0.442. The van der Waals surface area contributed by atoms with Crippen molar-refractivity contribution in [2.75, 3.05) is 14.2 Å². The minimum Gasteiger partial charge on any atom is -0.446 e. The molecule has 4 nitrogen and oxygen atoms in total. The van der Waals surface area contributed by atoms with Crippen LogP contribution in [-0.4, -0.2) is 32.1 Å². The molecule has 4 heteroatoms.